The zero-order valence-electron chi connectivity index (χ0n) is 14.2. The van der Waals surface area contributed by atoms with Gasteiger partial charge in [0, 0.05) is 5.92 Å². The fraction of sp³-hybridized carbons (Fsp3) is 0.722. The summed E-state index contributed by atoms with van der Waals surface area (Å²) in [6.07, 6.45) is 13.1. The molecule has 2 fully saturated rings. The zero-order chi connectivity index (χ0) is 17.4. The lowest BCUT2D eigenvalue weighted by Crippen LogP contribution is -2.48. The molecule has 1 saturated heterocycles. The van der Waals surface area contributed by atoms with Gasteiger partial charge in [-0.3, -0.25) is 4.79 Å². The van der Waals surface area contributed by atoms with Crippen molar-refractivity contribution in [3.63, 3.8) is 0 Å². The van der Waals surface area contributed by atoms with Crippen LogP contribution in [0.15, 0.2) is 12.2 Å². The maximum Gasteiger partial charge on any atom is 0.237 e. The van der Waals surface area contributed by atoms with Crippen molar-refractivity contribution in [3.05, 3.63) is 12.2 Å². The van der Waals surface area contributed by atoms with Gasteiger partial charge in [-0.05, 0) is 45.1 Å². The first-order valence-electron chi connectivity index (χ1n) is 9.00. The molecule has 1 heterocycles. The molecule has 1 aliphatic heterocycles. The molecule has 0 spiro atoms. The van der Waals surface area contributed by atoms with E-state index in [1.54, 1.807) is 0 Å². The Kier molecular flexibility index (Phi) is 7.12. The molecule has 1 aliphatic carbocycles. The molecule has 0 bridgehead atoms. The van der Waals surface area contributed by atoms with Crippen LogP contribution in [0.1, 0.15) is 51.4 Å². The van der Waals surface area contributed by atoms with Crippen molar-refractivity contribution in [1.82, 2.24) is 10.6 Å². The lowest BCUT2D eigenvalue weighted by atomic mass is 10.1. The van der Waals surface area contributed by atoms with Crippen LogP contribution in [0.25, 0.3) is 0 Å². The normalized spacial score (nSPS) is 30.2. The highest BCUT2D eigenvalue weighted by Gasteiger charge is 2.54. The first-order valence-corrected chi connectivity index (χ1v) is 9.00. The summed E-state index contributed by atoms with van der Waals surface area (Å²) in [4.78, 5) is 34.0. The van der Waals surface area contributed by atoms with Gasteiger partial charge in [0.2, 0.25) is 5.91 Å². The number of amides is 1. The van der Waals surface area contributed by atoms with Crippen LogP contribution in [-0.4, -0.2) is 42.6 Å². The maximum absolute atomic E-state index is 12.1. The van der Waals surface area contributed by atoms with Crippen molar-refractivity contribution in [2.75, 3.05) is 6.54 Å². The molecule has 0 aromatic heterocycles. The van der Waals surface area contributed by atoms with E-state index >= 15 is 0 Å². The molecule has 1 saturated carbocycles. The highest BCUT2D eigenvalue weighted by Crippen LogP contribution is 2.43. The molecule has 6 nitrogen and oxygen atoms in total. The predicted octanol–water partition coefficient (Wildman–Crippen LogP) is 0.845. The molecule has 4 N–H and O–H groups in total. The summed E-state index contributed by atoms with van der Waals surface area (Å²) in [5.41, 5.74) is 4.85. The number of allylic oxidation sites excluding steroid dienone is 1. The Morgan fingerprint density at radius 3 is 2.83 bits per heavy atom. The summed E-state index contributed by atoms with van der Waals surface area (Å²) in [6.45, 7) is 0.868. The summed E-state index contributed by atoms with van der Waals surface area (Å²) in [6, 6.07) is -0.483. The van der Waals surface area contributed by atoms with Crippen LogP contribution in [-0.2, 0) is 14.4 Å². The summed E-state index contributed by atoms with van der Waals surface area (Å²) in [5.74, 6) is 0.0610. The smallest absolute Gasteiger partial charge is 0.237 e. The molecule has 4 unspecified atom stereocenters. The minimum Gasteiger partial charge on any atom is -0.342 e. The molecule has 0 aromatic rings. The second-order valence-electron chi connectivity index (χ2n) is 6.97. The average molecular weight is 335 g/mol. The van der Waals surface area contributed by atoms with E-state index in [0.29, 0.717) is 6.42 Å². The van der Waals surface area contributed by atoms with E-state index in [-0.39, 0.29) is 23.9 Å². The van der Waals surface area contributed by atoms with Gasteiger partial charge in [-0.1, -0.05) is 25.0 Å². The fourth-order valence-electron chi connectivity index (χ4n) is 3.23. The van der Waals surface area contributed by atoms with E-state index < -0.39 is 5.54 Å². The topological polar surface area (TPSA) is 101 Å². The molecule has 134 valence electrons. The summed E-state index contributed by atoms with van der Waals surface area (Å²) in [5, 5.41) is 6.07. The van der Waals surface area contributed by atoms with Crippen LogP contribution < -0.4 is 16.4 Å². The van der Waals surface area contributed by atoms with Crippen molar-refractivity contribution in [3.8, 4) is 0 Å². The van der Waals surface area contributed by atoms with Gasteiger partial charge in [0.05, 0.1) is 12.1 Å². The first-order chi connectivity index (χ1) is 11.6. The SMILES string of the molecule is NC(C=O)CCCCCC=CC1CC1(C=O)NC(=O)C1CCCN1. The van der Waals surface area contributed by atoms with Gasteiger partial charge in [-0.15, -0.1) is 0 Å². The standard InChI is InChI=1S/C18H29N3O3/c19-15(12-22)8-5-3-1-2-4-7-14-11-18(14,13-23)21-17(24)16-9-6-10-20-16/h4,7,12-16,20H,1-3,5-6,8-11,19H2,(H,21,24). The van der Waals surface area contributed by atoms with Crippen LogP contribution in [0.3, 0.4) is 0 Å². The van der Waals surface area contributed by atoms with Gasteiger partial charge in [-0.2, -0.15) is 0 Å². The van der Waals surface area contributed by atoms with E-state index in [0.717, 1.165) is 64.1 Å². The van der Waals surface area contributed by atoms with Gasteiger partial charge in [0.15, 0.2) is 0 Å². The van der Waals surface area contributed by atoms with Crippen molar-refractivity contribution < 1.29 is 14.4 Å². The number of carbonyl (C=O) groups excluding carboxylic acids is 3. The lowest BCUT2D eigenvalue weighted by Gasteiger charge is -2.16. The zero-order valence-corrected chi connectivity index (χ0v) is 14.2. The number of aldehydes is 2. The average Bonchev–Trinajstić information content (AvgIpc) is 3.00. The van der Waals surface area contributed by atoms with Crippen molar-refractivity contribution in [2.24, 2.45) is 11.7 Å². The van der Waals surface area contributed by atoms with E-state index in [1.807, 2.05) is 6.08 Å². The highest BCUT2D eigenvalue weighted by atomic mass is 16.2. The predicted molar refractivity (Wildman–Crippen MR) is 92.3 cm³/mol. The monoisotopic (exact) mass is 335 g/mol. The lowest BCUT2D eigenvalue weighted by molar-refractivity contribution is -0.126. The Labute approximate surface area is 143 Å². The minimum atomic E-state index is -0.686. The van der Waals surface area contributed by atoms with Gasteiger partial charge >= 0.3 is 0 Å². The largest absolute Gasteiger partial charge is 0.342 e. The fourth-order valence-corrected chi connectivity index (χ4v) is 3.23. The summed E-state index contributed by atoms with van der Waals surface area (Å²) >= 11 is 0. The Morgan fingerprint density at radius 2 is 2.17 bits per heavy atom. The van der Waals surface area contributed by atoms with Crippen LogP contribution in [0.2, 0.25) is 0 Å². The Morgan fingerprint density at radius 1 is 1.33 bits per heavy atom. The number of nitrogens with two attached hydrogens (primary N) is 1. The molecule has 2 rings (SSSR count). The number of unbranched alkanes of at least 4 members (excludes halogenated alkanes) is 3. The third kappa shape index (κ3) is 5.24. The van der Waals surface area contributed by atoms with E-state index in [9.17, 15) is 14.4 Å². The number of nitrogens with one attached hydrogen (secondary N) is 2. The van der Waals surface area contributed by atoms with Crippen molar-refractivity contribution >= 4 is 18.5 Å². The molecule has 1 amide bonds. The maximum atomic E-state index is 12.1. The number of hydrogen-bond donors (Lipinski definition) is 3. The Bertz CT molecular complexity index is 474. The quantitative estimate of drug-likeness (QED) is 0.295. The molecule has 4 atom stereocenters. The number of hydrogen-bond acceptors (Lipinski definition) is 5. The molecular formula is C18H29N3O3. The third-order valence-corrected chi connectivity index (χ3v) is 4.95. The molecular weight excluding hydrogens is 306 g/mol. The van der Waals surface area contributed by atoms with E-state index in [4.69, 9.17) is 5.73 Å². The van der Waals surface area contributed by atoms with Gasteiger partial charge in [0.1, 0.15) is 18.1 Å². The molecule has 0 radical (unpaired) electrons. The minimum absolute atomic E-state index is 0.0537. The summed E-state index contributed by atoms with van der Waals surface area (Å²) < 4.78 is 0. The summed E-state index contributed by atoms with van der Waals surface area (Å²) in [7, 11) is 0. The Hall–Kier alpha value is -1.53. The van der Waals surface area contributed by atoms with Crippen LogP contribution in [0.4, 0.5) is 0 Å². The molecule has 0 aromatic carbocycles. The van der Waals surface area contributed by atoms with E-state index in [1.165, 1.54) is 0 Å². The van der Waals surface area contributed by atoms with E-state index in [2.05, 4.69) is 16.7 Å². The third-order valence-electron chi connectivity index (χ3n) is 4.95. The van der Waals surface area contributed by atoms with Gasteiger partial charge in [0.25, 0.3) is 0 Å². The number of rotatable bonds is 11. The molecule has 6 heteroatoms. The molecule has 2 aliphatic rings. The first kappa shape index (κ1) is 18.8. The second-order valence-corrected chi connectivity index (χ2v) is 6.97. The Balaban J connectivity index is 1.63. The van der Waals surface area contributed by atoms with Gasteiger partial charge in [-0.25, -0.2) is 0 Å². The number of carbonyl (C=O) groups is 3. The van der Waals surface area contributed by atoms with Crippen LogP contribution in [0, 0.1) is 5.92 Å². The van der Waals surface area contributed by atoms with Gasteiger partial charge < -0.3 is 26.0 Å². The van der Waals surface area contributed by atoms with Crippen molar-refractivity contribution in [2.45, 2.75) is 69.0 Å². The second kappa shape index (κ2) is 9.08. The van der Waals surface area contributed by atoms with Crippen LogP contribution >= 0.6 is 0 Å². The van der Waals surface area contributed by atoms with Crippen molar-refractivity contribution in [1.29, 1.82) is 0 Å². The highest BCUT2D eigenvalue weighted by molar-refractivity contribution is 5.88. The molecule has 24 heavy (non-hydrogen) atoms. The van der Waals surface area contributed by atoms with Crippen LogP contribution in [0.5, 0.6) is 0 Å².